The molecule has 0 bridgehead atoms. The SMILES string of the molecule is CC/C=C\C/C=C\C/C=C\C/C=C\C/C=C\C/C=C\CCCCCCCCCCCCCCCCC(=O)OC(COC(=O)CCCCCCCCCCCCC/C=C\C/C=C\C/C=C\C/C=C\C/C=C\CC)COP(=O)([O-])OCC[N+](C)(C)C. The number of allylic oxidation sites excluding steroid dienone is 22. The average Bonchev–Trinajstić information content (AvgIpc) is 3.61. The molecule has 0 aliphatic rings. The predicted octanol–water partition coefficient (Wildman–Crippen LogP) is 21.4. The highest BCUT2D eigenvalue weighted by Crippen LogP contribution is 2.38. The van der Waals surface area contributed by atoms with Crippen LogP contribution in [0.25, 0.3) is 0 Å². The lowest BCUT2D eigenvalue weighted by molar-refractivity contribution is -0.870. The molecule has 0 saturated heterocycles. The van der Waals surface area contributed by atoms with Gasteiger partial charge < -0.3 is 27.9 Å². The van der Waals surface area contributed by atoms with E-state index >= 15 is 0 Å². The van der Waals surface area contributed by atoms with Crippen molar-refractivity contribution in [3.05, 3.63) is 134 Å². The molecule has 0 radical (unpaired) electrons. The second-order valence-corrected chi connectivity index (χ2v) is 24.8. The lowest BCUT2D eigenvalue weighted by Crippen LogP contribution is -2.37. The lowest BCUT2D eigenvalue weighted by atomic mass is 10.0. The number of quaternary nitrogens is 1. The molecule has 2 unspecified atom stereocenters. The van der Waals surface area contributed by atoms with Crippen LogP contribution in [0.3, 0.4) is 0 Å². The Morgan fingerprint density at radius 1 is 0.369 bits per heavy atom. The molecule has 0 aromatic carbocycles. The third-order valence-corrected chi connectivity index (χ3v) is 15.1. The first-order valence-electron chi connectivity index (χ1n) is 33.9. The fourth-order valence-corrected chi connectivity index (χ4v) is 9.77. The van der Waals surface area contributed by atoms with Gasteiger partial charge in [0, 0.05) is 12.8 Å². The number of rotatable bonds is 61. The fraction of sp³-hybridized carbons (Fsp3) is 0.676. The van der Waals surface area contributed by atoms with Gasteiger partial charge in [-0.3, -0.25) is 14.2 Å². The van der Waals surface area contributed by atoms with Gasteiger partial charge >= 0.3 is 11.9 Å². The maximum atomic E-state index is 12.9. The summed E-state index contributed by atoms with van der Waals surface area (Å²) in [5.74, 6) is -0.838. The highest BCUT2D eigenvalue weighted by Gasteiger charge is 2.22. The Morgan fingerprint density at radius 3 is 0.952 bits per heavy atom. The van der Waals surface area contributed by atoms with E-state index in [1.54, 1.807) is 0 Å². The third kappa shape index (κ3) is 67.3. The van der Waals surface area contributed by atoms with E-state index in [-0.39, 0.29) is 32.0 Å². The van der Waals surface area contributed by atoms with Crippen LogP contribution >= 0.6 is 7.82 Å². The van der Waals surface area contributed by atoms with Crippen LogP contribution in [-0.4, -0.2) is 70.0 Å². The maximum absolute atomic E-state index is 12.9. The Hall–Kier alpha value is -3.85. The van der Waals surface area contributed by atoms with Gasteiger partial charge in [-0.2, -0.15) is 0 Å². The van der Waals surface area contributed by atoms with E-state index in [4.69, 9.17) is 18.5 Å². The van der Waals surface area contributed by atoms with Crippen molar-refractivity contribution in [1.82, 2.24) is 0 Å². The standard InChI is InChI=1S/C74H126NO8P/c1-6-8-10-12-14-16-18-20-22-24-26-28-30-32-34-35-36-37-38-39-41-43-45-47-49-51-53-55-57-59-61-63-65-67-74(77)83-72(71-82-84(78,79)81-69-68-75(3,4)5)70-80-73(76)66-64-62-60-58-56-54-52-50-48-46-44-42-40-33-31-29-27-25-23-21-19-17-15-13-11-9-7-2/h8-11,14-17,20-23,26-29,32-34,36-37,40,72H,6-7,12-13,18-19,24-25,30-31,35,38-39,41-71H2,1-5H3/b10-8-,11-9-,16-14-,17-15-,22-20-,23-21-,28-26-,29-27-,34-32-,37-36-,40-33-. The van der Waals surface area contributed by atoms with E-state index in [0.29, 0.717) is 17.4 Å². The van der Waals surface area contributed by atoms with Gasteiger partial charge in [-0.25, -0.2) is 0 Å². The molecule has 0 aliphatic heterocycles. The molecule has 9 nitrogen and oxygen atoms in total. The molecule has 0 amide bonds. The first kappa shape index (κ1) is 80.2. The molecule has 84 heavy (non-hydrogen) atoms. The van der Waals surface area contributed by atoms with Gasteiger partial charge in [-0.15, -0.1) is 0 Å². The Morgan fingerprint density at radius 2 is 0.643 bits per heavy atom. The van der Waals surface area contributed by atoms with Gasteiger partial charge in [0.05, 0.1) is 27.7 Å². The first-order chi connectivity index (χ1) is 41.0. The van der Waals surface area contributed by atoms with Crippen molar-refractivity contribution in [3.8, 4) is 0 Å². The van der Waals surface area contributed by atoms with E-state index in [1.807, 2.05) is 21.1 Å². The lowest BCUT2D eigenvalue weighted by Gasteiger charge is -2.28. The van der Waals surface area contributed by atoms with Gasteiger partial charge in [-0.1, -0.05) is 282 Å². The van der Waals surface area contributed by atoms with Crippen LogP contribution in [0.5, 0.6) is 0 Å². The maximum Gasteiger partial charge on any atom is 0.306 e. The number of hydrogen-bond donors (Lipinski definition) is 0. The van der Waals surface area contributed by atoms with Crippen LogP contribution in [0.2, 0.25) is 0 Å². The van der Waals surface area contributed by atoms with Gasteiger partial charge in [-0.05, 0) is 109 Å². The molecule has 0 N–H and O–H groups in total. The zero-order valence-corrected chi connectivity index (χ0v) is 55.4. The van der Waals surface area contributed by atoms with Gasteiger partial charge in [0.15, 0.2) is 6.10 Å². The molecule has 0 fully saturated rings. The highest BCUT2D eigenvalue weighted by atomic mass is 31.2. The van der Waals surface area contributed by atoms with Crippen LogP contribution in [0, 0.1) is 0 Å². The normalized spacial score (nSPS) is 14.0. The summed E-state index contributed by atoms with van der Waals surface area (Å²) in [5, 5.41) is 0. The molecule has 0 heterocycles. The van der Waals surface area contributed by atoms with E-state index in [2.05, 4.69) is 148 Å². The summed E-state index contributed by atoms with van der Waals surface area (Å²) in [5.41, 5.74) is 0. The number of likely N-dealkylation sites (N-methyl/N-ethyl adjacent to an activating group) is 1. The van der Waals surface area contributed by atoms with Crippen LogP contribution in [0.4, 0.5) is 0 Å². The smallest absolute Gasteiger partial charge is 0.306 e. The summed E-state index contributed by atoms with van der Waals surface area (Å²) in [6.07, 6.45) is 92.3. The van der Waals surface area contributed by atoms with Crippen molar-refractivity contribution in [2.45, 2.75) is 277 Å². The molecule has 0 spiro atoms. The number of esters is 2. The number of phosphoric ester groups is 1. The largest absolute Gasteiger partial charge is 0.756 e. The summed E-state index contributed by atoms with van der Waals surface area (Å²) < 4.78 is 34.3. The second-order valence-electron chi connectivity index (χ2n) is 23.4. The molecule has 0 aliphatic carbocycles. The van der Waals surface area contributed by atoms with Crippen LogP contribution in [-0.2, 0) is 32.7 Å². The van der Waals surface area contributed by atoms with Crippen molar-refractivity contribution in [2.75, 3.05) is 47.5 Å². The fourth-order valence-electron chi connectivity index (χ4n) is 9.04. The van der Waals surface area contributed by atoms with Crippen LogP contribution < -0.4 is 4.89 Å². The second kappa shape index (κ2) is 63.6. The van der Waals surface area contributed by atoms with Crippen molar-refractivity contribution < 1.29 is 42.1 Å². The van der Waals surface area contributed by atoms with Gasteiger partial charge in [0.25, 0.3) is 7.82 Å². The molecule has 0 saturated carbocycles. The summed E-state index contributed by atoms with van der Waals surface area (Å²) in [6.45, 7) is 4.02. The Labute approximate surface area is 517 Å². The Kier molecular flexibility index (Phi) is 60.7. The zero-order chi connectivity index (χ0) is 61.2. The number of unbranched alkanes of at least 4 members (excludes halogenated alkanes) is 25. The number of carbonyl (C=O) groups is 2. The van der Waals surface area contributed by atoms with Gasteiger partial charge in [0.1, 0.15) is 19.8 Å². The number of nitrogens with zero attached hydrogens (tertiary/aromatic N) is 1. The quantitative estimate of drug-likeness (QED) is 0.0195. The molecule has 0 aromatic rings. The highest BCUT2D eigenvalue weighted by molar-refractivity contribution is 7.45. The van der Waals surface area contributed by atoms with Crippen molar-refractivity contribution in [1.29, 1.82) is 0 Å². The summed E-state index contributed by atoms with van der Waals surface area (Å²) in [4.78, 5) is 38.1. The van der Waals surface area contributed by atoms with Crippen molar-refractivity contribution in [2.24, 2.45) is 0 Å². The van der Waals surface area contributed by atoms with E-state index in [1.165, 1.54) is 116 Å². The molecule has 10 heteroatoms. The Bertz CT molecular complexity index is 1880. The first-order valence-corrected chi connectivity index (χ1v) is 35.4. The van der Waals surface area contributed by atoms with Crippen molar-refractivity contribution >= 4 is 19.8 Å². The van der Waals surface area contributed by atoms with E-state index in [0.717, 1.165) is 122 Å². The molecule has 0 rings (SSSR count). The average molecular weight is 1190 g/mol. The molecule has 2 atom stereocenters. The van der Waals surface area contributed by atoms with Crippen LogP contribution in [0.1, 0.15) is 271 Å². The Balaban J connectivity index is 4.10. The minimum atomic E-state index is -4.65. The molecular formula is C74H126NO8P. The van der Waals surface area contributed by atoms with Crippen molar-refractivity contribution in [3.63, 3.8) is 0 Å². The minimum Gasteiger partial charge on any atom is -0.756 e. The third-order valence-electron chi connectivity index (χ3n) is 14.2. The predicted molar refractivity (Wildman–Crippen MR) is 360 cm³/mol. The molecular weight excluding hydrogens is 1060 g/mol. The monoisotopic (exact) mass is 1190 g/mol. The number of phosphoric acid groups is 1. The number of carbonyl (C=O) groups excluding carboxylic acids is 2. The molecule has 0 aromatic heterocycles. The number of hydrogen-bond acceptors (Lipinski definition) is 8. The van der Waals surface area contributed by atoms with E-state index < -0.39 is 26.5 Å². The summed E-state index contributed by atoms with van der Waals surface area (Å²) >= 11 is 0. The minimum absolute atomic E-state index is 0.0368. The van der Waals surface area contributed by atoms with E-state index in [9.17, 15) is 19.0 Å². The van der Waals surface area contributed by atoms with Gasteiger partial charge in [0.2, 0.25) is 0 Å². The molecule has 480 valence electrons. The zero-order valence-electron chi connectivity index (χ0n) is 54.6. The number of ether oxygens (including phenoxy) is 2. The topological polar surface area (TPSA) is 111 Å². The summed E-state index contributed by atoms with van der Waals surface area (Å²) in [7, 11) is 1.15. The summed E-state index contributed by atoms with van der Waals surface area (Å²) in [6, 6.07) is 0. The van der Waals surface area contributed by atoms with Crippen LogP contribution in [0.15, 0.2) is 134 Å².